The third kappa shape index (κ3) is 4.48. The van der Waals surface area contributed by atoms with Gasteiger partial charge in [0.15, 0.2) is 6.29 Å². The molecule has 49 heavy (non-hydrogen) atoms. The Bertz CT molecular complexity index is 1310. The van der Waals surface area contributed by atoms with E-state index in [2.05, 4.69) is 20.8 Å². The van der Waals surface area contributed by atoms with Gasteiger partial charge in [-0.1, -0.05) is 34.6 Å². The van der Waals surface area contributed by atoms with Gasteiger partial charge in [0, 0.05) is 18.3 Å². The Morgan fingerprint density at radius 2 is 1.51 bits per heavy atom. The number of rotatable bonds is 6. The fraction of sp³-hybridized carbons (Fsp3) is 0.973. The topological polar surface area (TPSA) is 207 Å². The molecule has 280 valence electrons. The fourth-order valence-electron chi connectivity index (χ4n) is 13.5. The van der Waals surface area contributed by atoms with Gasteiger partial charge in [-0.15, -0.1) is 0 Å². The van der Waals surface area contributed by atoms with Crippen LogP contribution in [-0.4, -0.2) is 114 Å². The van der Waals surface area contributed by atoms with Crippen molar-refractivity contribution in [3.05, 3.63) is 0 Å². The summed E-state index contributed by atoms with van der Waals surface area (Å²) in [5.74, 6) is -0.568. The van der Waals surface area contributed by atoms with Crippen LogP contribution in [0.3, 0.4) is 0 Å². The molecule has 0 amide bonds. The molecule has 7 fully saturated rings. The average molecular weight is 697 g/mol. The maximum Gasteiger partial charge on any atom is 0.317 e. The van der Waals surface area contributed by atoms with Crippen LogP contribution in [0.25, 0.3) is 0 Å². The van der Waals surface area contributed by atoms with Crippen LogP contribution in [0.4, 0.5) is 0 Å². The van der Waals surface area contributed by atoms with Crippen molar-refractivity contribution in [1.82, 2.24) is 0 Å². The number of hydrogen-bond donors (Lipinski definition) is 8. The third-order valence-electron chi connectivity index (χ3n) is 16.8. The molecule has 0 aromatic rings. The summed E-state index contributed by atoms with van der Waals surface area (Å²) in [6.07, 6.45) is -4.93. The van der Waals surface area contributed by atoms with Gasteiger partial charge in [0.25, 0.3) is 0 Å². The van der Waals surface area contributed by atoms with Gasteiger partial charge < -0.3 is 55.1 Å². The second kappa shape index (κ2) is 11.5. The lowest BCUT2D eigenvalue weighted by atomic mass is 9.41. The highest BCUT2D eigenvalue weighted by atomic mass is 16.7. The van der Waals surface area contributed by atoms with E-state index in [1.54, 1.807) is 6.92 Å². The second-order valence-corrected chi connectivity index (χ2v) is 18.4. The molecule has 0 aromatic heterocycles. The van der Waals surface area contributed by atoms with Crippen molar-refractivity contribution in [3.63, 3.8) is 0 Å². The summed E-state index contributed by atoms with van der Waals surface area (Å²) in [6.45, 7) is 11.9. The van der Waals surface area contributed by atoms with E-state index in [1.165, 1.54) is 0 Å². The standard InChI is InChI=1S/C37H60O12/c1-17(2)37(46)14-20(48-31(37)45)18(3)19-9-10-33(5)22-7-8-23-34(6,30(44)49-29-28(43)27(42)26(41)21(15-38)47-29)24(39)13-25(40)36(23)16-35(22,36)12-11-32(19,33)4/h17-29,31,38-43,45-46H,7-16H2,1-6H3/t18-,19+,20-,21+,22+,23-,24-,25-,26+,27-,28+,29-,31-,32-,33-,34+,35+,36-,37+/m1/s1. The van der Waals surface area contributed by atoms with Crippen LogP contribution in [0.5, 0.6) is 0 Å². The summed E-state index contributed by atoms with van der Waals surface area (Å²) >= 11 is 0. The van der Waals surface area contributed by atoms with Crippen molar-refractivity contribution in [2.75, 3.05) is 6.61 Å². The Morgan fingerprint density at radius 1 is 0.837 bits per heavy atom. The number of carbonyl (C=O) groups is 1. The van der Waals surface area contributed by atoms with Crippen LogP contribution >= 0.6 is 0 Å². The Morgan fingerprint density at radius 3 is 2.14 bits per heavy atom. The first kappa shape index (κ1) is 36.4. The van der Waals surface area contributed by atoms with Crippen molar-refractivity contribution in [1.29, 1.82) is 0 Å². The van der Waals surface area contributed by atoms with Gasteiger partial charge in [0.05, 0.1) is 30.3 Å². The molecule has 12 heteroatoms. The van der Waals surface area contributed by atoms with E-state index < -0.39 is 84.1 Å². The first-order valence-corrected chi connectivity index (χ1v) is 18.7. The normalized spacial score (nSPS) is 58.7. The van der Waals surface area contributed by atoms with Crippen LogP contribution in [0.15, 0.2) is 0 Å². The first-order chi connectivity index (χ1) is 22.8. The van der Waals surface area contributed by atoms with E-state index >= 15 is 0 Å². The van der Waals surface area contributed by atoms with Crippen molar-refractivity contribution in [2.24, 2.45) is 56.7 Å². The molecule has 12 nitrogen and oxygen atoms in total. The molecule has 2 spiro atoms. The number of carbonyl (C=O) groups excluding carboxylic acids is 1. The zero-order valence-electron chi connectivity index (χ0n) is 29.9. The van der Waals surface area contributed by atoms with Gasteiger partial charge in [-0.25, -0.2) is 0 Å². The van der Waals surface area contributed by atoms with E-state index in [0.717, 1.165) is 38.5 Å². The maximum absolute atomic E-state index is 14.1. The van der Waals surface area contributed by atoms with Crippen molar-refractivity contribution < 1.29 is 59.9 Å². The molecule has 0 bridgehead atoms. The molecular weight excluding hydrogens is 636 g/mol. The van der Waals surface area contributed by atoms with Crippen LogP contribution in [0.2, 0.25) is 0 Å². The molecule has 0 unspecified atom stereocenters. The van der Waals surface area contributed by atoms with Crippen LogP contribution in [-0.2, 0) is 19.0 Å². The van der Waals surface area contributed by atoms with Crippen molar-refractivity contribution in [2.45, 2.75) is 160 Å². The average Bonchev–Trinajstić information content (AvgIpc) is 3.54. The van der Waals surface area contributed by atoms with Gasteiger partial charge in [-0.3, -0.25) is 4.79 Å². The lowest BCUT2D eigenvalue weighted by Gasteiger charge is -2.64. The summed E-state index contributed by atoms with van der Waals surface area (Å²) in [7, 11) is 0. The second-order valence-electron chi connectivity index (χ2n) is 18.4. The zero-order chi connectivity index (χ0) is 35.9. The molecular formula is C37H60O12. The lowest BCUT2D eigenvalue weighted by Crippen LogP contribution is -2.65. The molecule has 8 N–H and O–H groups in total. The summed E-state index contributed by atoms with van der Waals surface area (Å²) < 4.78 is 17.3. The van der Waals surface area contributed by atoms with Gasteiger partial charge in [-0.2, -0.15) is 0 Å². The zero-order valence-corrected chi connectivity index (χ0v) is 29.9. The molecule has 5 saturated carbocycles. The van der Waals surface area contributed by atoms with E-state index in [9.17, 15) is 45.6 Å². The minimum absolute atomic E-state index is 0.0129. The first-order valence-electron chi connectivity index (χ1n) is 18.7. The molecule has 7 rings (SSSR count). The van der Waals surface area contributed by atoms with Gasteiger partial charge in [0.1, 0.15) is 30.0 Å². The molecule has 2 saturated heterocycles. The number of fused-ring (bicyclic) bond motifs is 2. The predicted octanol–water partition coefficient (Wildman–Crippen LogP) is 1.21. The monoisotopic (exact) mass is 696 g/mol. The lowest BCUT2D eigenvalue weighted by molar-refractivity contribution is -0.300. The largest absolute Gasteiger partial charge is 0.432 e. The summed E-state index contributed by atoms with van der Waals surface area (Å²) in [5.41, 5.74) is -3.56. The Kier molecular flexibility index (Phi) is 8.57. The van der Waals surface area contributed by atoms with Gasteiger partial charge in [0.2, 0.25) is 6.29 Å². The van der Waals surface area contributed by atoms with Crippen LogP contribution in [0, 0.1) is 56.7 Å². The summed E-state index contributed by atoms with van der Waals surface area (Å²) in [4.78, 5) is 14.1. The SMILES string of the molecule is CC(C)[C@@]1(O)C[C@H]([C@H](C)[C@@H]2CC[C@]3(C)[C@@H]4CC[C@@H]5[C@](C)(C(=O)O[C@H]6O[C@@H](CO)[C@H](O)[C@@H](O)[C@@H]6O)[C@H](O)C[C@@H](O)[C@@]56C[C@@]46CC[C@]23C)O[C@H]1O. The number of esters is 1. The summed E-state index contributed by atoms with van der Waals surface area (Å²) in [6, 6.07) is 0. The molecule has 2 aliphatic heterocycles. The molecule has 5 aliphatic carbocycles. The predicted molar refractivity (Wildman–Crippen MR) is 173 cm³/mol. The minimum Gasteiger partial charge on any atom is -0.432 e. The van der Waals surface area contributed by atoms with E-state index in [1.807, 2.05) is 13.8 Å². The third-order valence-corrected chi connectivity index (χ3v) is 16.8. The van der Waals surface area contributed by atoms with Gasteiger partial charge >= 0.3 is 5.97 Å². The Balaban J connectivity index is 1.14. The number of aliphatic hydroxyl groups excluding tert-OH is 7. The van der Waals surface area contributed by atoms with E-state index in [0.29, 0.717) is 24.7 Å². The summed E-state index contributed by atoms with van der Waals surface area (Å²) in [5, 5.41) is 86.1. The highest BCUT2D eigenvalue weighted by Gasteiger charge is 2.86. The number of hydrogen-bond acceptors (Lipinski definition) is 12. The highest BCUT2D eigenvalue weighted by Crippen LogP contribution is 2.89. The minimum atomic E-state index is -1.75. The molecule has 2 heterocycles. The van der Waals surface area contributed by atoms with E-state index in [4.69, 9.17) is 14.2 Å². The molecule has 0 aromatic carbocycles. The van der Waals surface area contributed by atoms with E-state index in [-0.39, 0.29) is 40.6 Å². The van der Waals surface area contributed by atoms with Crippen molar-refractivity contribution in [3.8, 4) is 0 Å². The molecule has 7 aliphatic rings. The quantitative estimate of drug-likeness (QED) is 0.185. The highest BCUT2D eigenvalue weighted by molar-refractivity contribution is 5.78. The molecule has 19 atom stereocenters. The smallest absolute Gasteiger partial charge is 0.317 e. The van der Waals surface area contributed by atoms with Gasteiger partial charge in [-0.05, 0) is 97.7 Å². The maximum atomic E-state index is 14.1. The van der Waals surface area contributed by atoms with Crippen LogP contribution in [0.1, 0.15) is 99.3 Å². The fourth-order valence-corrected chi connectivity index (χ4v) is 13.5. The van der Waals surface area contributed by atoms with Crippen LogP contribution < -0.4 is 0 Å². The number of ether oxygens (including phenoxy) is 3. The Hall–Kier alpha value is -0.930. The number of aliphatic hydroxyl groups is 8. The molecule has 0 radical (unpaired) electrons. The van der Waals surface area contributed by atoms with Crippen molar-refractivity contribution >= 4 is 5.97 Å². The Labute approximate surface area is 289 Å².